The lowest BCUT2D eigenvalue weighted by Crippen LogP contribution is -2.21. The summed E-state index contributed by atoms with van der Waals surface area (Å²) in [6.07, 6.45) is 2.10. The van der Waals surface area contributed by atoms with E-state index < -0.39 is 18.5 Å². The zero-order chi connectivity index (χ0) is 16.8. The predicted octanol–water partition coefficient (Wildman–Crippen LogP) is 3.75. The lowest BCUT2D eigenvalue weighted by molar-refractivity contribution is -0.119. The van der Waals surface area contributed by atoms with E-state index in [0.717, 1.165) is 12.0 Å². The minimum Gasteiger partial charge on any atom is -0.452 e. The number of carbonyl (C=O) groups excluding carboxylic acids is 2. The Morgan fingerprint density at radius 3 is 2.74 bits per heavy atom. The number of halogens is 2. The highest BCUT2D eigenvalue weighted by Crippen LogP contribution is 2.20. The number of nitrogens with zero attached hydrogens (tertiary/aromatic N) is 1. The quantitative estimate of drug-likeness (QED) is 0.657. The number of benzene rings is 1. The molecule has 0 aliphatic carbocycles. The van der Waals surface area contributed by atoms with Crippen LogP contribution in [0.1, 0.15) is 22.8 Å². The number of aryl methyl sites for hydroxylation is 1. The van der Waals surface area contributed by atoms with Gasteiger partial charge in [0.1, 0.15) is 5.15 Å². The van der Waals surface area contributed by atoms with Gasteiger partial charge in [-0.3, -0.25) is 4.79 Å². The van der Waals surface area contributed by atoms with E-state index in [1.165, 1.54) is 12.3 Å². The molecule has 7 heteroatoms. The average Bonchev–Trinajstić information content (AvgIpc) is 2.55. The molecule has 1 heterocycles. The van der Waals surface area contributed by atoms with Crippen LogP contribution >= 0.6 is 23.2 Å². The van der Waals surface area contributed by atoms with Crippen LogP contribution in [0.2, 0.25) is 10.2 Å². The van der Waals surface area contributed by atoms with Gasteiger partial charge in [-0.05, 0) is 30.2 Å². The Kier molecular flexibility index (Phi) is 5.96. The van der Waals surface area contributed by atoms with Crippen molar-refractivity contribution in [2.45, 2.75) is 13.3 Å². The van der Waals surface area contributed by atoms with Crippen LogP contribution in [-0.4, -0.2) is 23.5 Å². The summed E-state index contributed by atoms with van der Waals surface area (Å²) in [6.45, 7) is 1.61. The molecule has 0 saturated carbocycles. The molecule has 0 bridgehead atoms. The van der Waals surface area contributed by atoms with E-state index in [9.17, 15) is 9.59 Å². The highest BCUT2D eigenvalue weighted by molar-refractivity contribution is 6.41. The number of anilines is 1. The maximum absolute atomic E-state index is 11.8. The molecule has 2 rings (SSSR count). The van der Waals surface area contributed by atoms with Gasteiger partial charge in [0.15, 0.2) is 6.61 Å². The number of hydrogen-bond acceptors (Lipinski definition) is 4. The van der Waals surface area contributed by atoms with Crippen LogP contribution in [0, 0.1) is 0 Å². The number of aromatic nitrogens is 1. The number of ether oxygens (including phenoxy) is 1. The Morgan fingerprint density at radius 2 is 2.04 bits per heavy atom. The molecular formula is C16H14Cl2N2O3. The van der Waals surface area contributed by atoms with Gasteiger partial charge in [-0.1, -0.05) is 42.3 Å². The number of rotatable bonds is 5. The molecule has 0 radical (unpaired) electrons. The molecule has 1 amide bonds. The van der Waals surface area contributed by atoms with Gasteiger partial charge < -0.3 is 10.1 Å². The lowest BCUT2D eigenvalue weighted by Gasteiger charge is -2.08. The first-order valence-corrected chi connectivity index (χ1v) is 7.62. The van der Waals surface area contributed by atoms with Crippen molar-refractivity contribution < 1.29 is 14.3 Å². The normalized spacial score (nSPS) is 10.2. The van der Waals surface area contributed by atoms with E-state index in [-0.39, 0.29) is 15.7 Å². The minimum atomic E-state index is -0.700. The van der Waals surface area contributed by atoms with Gasteiger partial charge in [0.2, 0.25) is 0 Å². The van der Waals surface area contributed by atoms with Crippen LogP contribution in [0.3, 0.4) is 0 Å². The summed E-state index contributed by atoms with van der Waals surface area (Å²) >= 11 is 11.4. The van der Waals surface area contributed by atoms with Gasteiger partial charge in [0.05, 0.1) is 10.6 Å². The second-order valence-corrected chi connectivity index (χ2v) is 5.44. The van der Waals surface area contributed by atoms with E-state index in [0.29, 0.717) is 5.69 Å². The lowest BCUT2D eigenvalue weighted by atomic mass is 10.1. The topological polar surface area (TPSA) is 68.3 Å². The molecule has 0 atom stereocenters. The molecule has 2 aromatic rings. The summed E-state index contributed by atoms with van der Waals surface area (Å²) in [6, 6.07) is 8.78. The molecule has 0 aliphatic heterocycles. The van der Waals surface area contributed by atoms with Gasteiger partial charge in [-0.2, -0.15) is 0 Å². The van der Waals surface area contributed by atoms with Crippen molar-refractivity contribution in [2.75, 3.05) is 11.9 Å². The first-order chi connectivity index (χ1) is 11.0. The van der Waals surface area contributed by atoms with Crippen molar-refractivity contribution in [3.63, 3.8) is 0 Å². The van der Waals surface area contributed by atoms with E-state index in [1.807, 2.05) is 25.1 Å². The van der Waals surface area contributed by atoms with Crippen molar-refractivity contribution in [1.82, 2.24) is 4.98 Å². The minimum absolute atomic E-state index is 0.0942. The van der Waals surface area contributed by atoms with Crippen LogP contribution in [0.15, 0.2) is 36.5 Å². The molecule has 0 spiro atoms. The zero-order valence-electron chi connectivity index (χ0n) is 12.3. The van der Waals surface area contributed by atoms with Gasteiger partial charge in [-0.25, -0.2) is 9.78 Å². The van der Waals surface area contributed by atoms with Crippen molar-refractivity contribution in [1.29, 1.82) is 0 Å². The molecule has 0 aliphatic rings. The monoisotopic (exact) mass is 352 g/mol. The fourth-order valence-corrected chi connectivity index (χ4v) is 2.08. The second kappa shape index (κ2) is 7.94. The van der Waals surface area contributed by atoms with E-state index in [2.05, 4.69) is 10.3 Å². The average molecular weight is 353 g/mol. The number of nitrogens with one attached hydrogen (secondary N) is 1. The van der Waals surface area contributed by atoms with Gasteiger partial charge in [0.25, 0.3) is 5.91 Å². The second-order valence-electron chi connectivity index (χ2n) is 4.67. The third kappa shape index (κ3) is 4.94. The number of esters is 1. The van der Waals surface area contributed by atoms with E-state index in [4.69, 9.17) is 27.9 Å². The molecular weight excluding hydrogens is 339 g/mol. The van der Waals surface area contributed by atoms with Crippen LogP contribution in [0.5, 0.6) is 0 Å². The summed E-state index contributed by atoms with van der Waals surface area (Å²) in [5.74, 6) is -1.13. The number of pyridine rings is 1. The third-order valence-electron chi connectivity index (χ3n) is 2.99. The maximum Gasteiger partial charge on any atom is 0.340 e. The largest absolute Gasteiger partial charge is 0.452 e. The highest BCUT2D eigenvalue weighted by atomic mass is 35.5. The molecule has 5 nitrogen and oxygen atoms in total. The fraction of sp³-hybridized carbons (Fsp3) is 0.188. The van der Waals surface area contributed by atoms with Crippen molar-refractivity contribution in [3.05, 3.63) is 57.8 Å². The SMILES string of the molecule is CCc1cccc(NC(=O)COC(=O)c2cnc(Cl)c(Cl)c2)c1. The molecule has 23 heavy (non-hydrogen) atoms. The van der Waals surface area contributed by atoms with Crippen LogP contribution in [-0.2, 0) is 16.0 Å². The Balaban J connectivity index is 1.90. The molecule has 0 fully saturated rings. The molecule has 1 N–H and O–H groups in total. The standard InChI is InChI=1S/C16H14Cl2N2O3/c1-2-10-4-3-5-12(6-10)20-14(21)9-23-16(22)11-7-13(17)15(18)19-8-11/h3-8H,2,9H2,1H3,(H,20,21). The molecule has 1 aromatic carbocycles. The van der Waals surface area contributed by atoms with Crippen LogP contribution < -0.4 is 5.32 Å². The smallest absolute Gasteiger partial charge is 0.340 e. The van der Waals surface area contributed by atoms with Crippen molar-refractivity contribution in [3.8, 4) is 0 Å². The summed E-state index contributed by atoms with van der Waals surface area (Å²) in [5.41, 5.74) is 1.88. The van der Waals surface area contributed by atoms with E-state index in [1.54, 1.807) is 6.07 Å². The van der Waals surface area contributed by atoms with Crippen LogP contribution in [0.4, 0.5) is 5.69 Å². The van der Waals surface area contributed by atoms with Gasteiger partial charge in [-0.15, -0.1) is 0 Å². The maximum atomic E-state index is 11.8. The number of hydrogen-bond donors (Lipinski definition) is 1. The predicted molar refractivity (Wildman–Crippen MR) is 89.0 cm³/mol. The highest BCUT2D eigenvalue weighted by Gasteiger charge is 2.13. The van der Waals surface area contributed by atoms with Crippen molar-refractivity contribution >= 4 is 40.8 Å². The fourth-order valence-electron chi connectivity index (χ4n) is 1.81. The van der Waals surface area contributed by atoms with E-state index >= 15 is 0 Å². The first-order valence-electron chi connectivity index (χ1n) is 6.86. The Morgan fingerprint density at radius 1 is 1.26 bits per heavy atom. The summed E-state index contributed by atoms with van der Waals surface area (Å²) in [7, 11) is 0. The number of carbonyl (C=O) groups is 2. The Bertz CT molecular complexity index is 735. The Hall–Kier alpha value is -2.11. The first kappa shape index (κ1) is 17.2. The third-order valence-corrected chi connectivity index (χ3v) is 3.67. The van der Waals surface area contributed by atoms with Gasteiger partial charge in [0, 0.05) is 11.9 Å². The molecule has 1 aromatic heterocycles. The number of amides is 1. The van der Waals surface area contributed by atoms with Crippen molar-refractivity contribution in [2.24, 2.45) is 0 Å². The molecule has 0 saturated heterocycles. The summed E-state index contributed by atoms with van der Waals surface area (Å²) < 4.78 is 4.92. The zero-order valence-corrected chi connectivity index (χ0v) is 13.8. The molecule has 0 unspecified atom stereocenters. The van der Waals surface area contributed by atoms with Crippen LogP contribution in [0.25, 0.3) is 0 Å². The summed E-state index contributed by atoms with van der Waals surface area (Å²) in [5, 5.41) is 2.90. The molecule has 120 valence electrons. The summed E-state index contributed by atoms with van der Waals surface area (Å²) in [4.78, 5) is 27.4. The van der Waals surface area contributed by atoms with Gasteiger partial charge >= 0.3 is 5.97 Å². The Labute approximate surface area is 143 Å².